The number of nitrogens with zero attached hydrogens (tertiary/aromatic N) is 1. The second-order valence-electron chi connectivity index (χ2n) is 5.14. The first-order chi connectivity index (χ1) is 12.0. The van der Waals surface area contributed by atoms with E-state index in [4.69, 9.17) is 16.3 Å². The Labute approximate surface area is 150 Å². The van der Waals surface area contributed by atoms with Crippen LogP contribution in [-0.4, -0.2) is 24.2 Å². The third-order valence-corrected chi connectivity index (χ3v) is 3.61. The molecule has 0 unspecified atom stereocenters. The Morgan fingerprint density at radius 1 is 1.24 bits per heavy atom. The van der Waals surface area contributed by atoms with Crippen LogP contribution in [0.5, 0.6) is 0 Å². The van der Waals surface area contributed by atoms with Crippen molar-refractivity contribution in [2.75, 3.05) is 23.8 Å². The van der Waals surface area contributed by atoms with Gasteiger partial charge in [-0.25, -0.2) is 4.79 Å². The van der Waals surface area contributed by atoms with E-state index < -0.39 is 11.0 Å². The zero-order chi connectivity index (χ0) is 18.2. The average molecular weight is 364 g/mol. The summed E-state index contributed by atoms with van der Waals surface area (Å²) in [5.74, 6) is 0. The molecule has 0 aromatic heterocycles. The number of hydrogen-bond donors (Lipinski definition) is 2. The lowest BCUT2D eigenvalue weighted by Gasteiger charge is -2.09. The molecule has 0 saturated carbocycles. The van der Waals surface area contributed by atoms with Crippen molar-refractivity contribution in [3.8, 4) is 0 Å². The maximum absolute atomic E-state index is 11.4. The van der Waals surface area contributed by atoms with E-state index in [1.165, 1.54) is 12.1 Å². The number of carbonyl (C=O) groups is 1. The van der Waals surface area contributed by atoms with Crippen molar-refractivity contribution in [3.63, 3.8) is 0 Å². The van der Waals surface area contributed by atoms with Gasteiger partial charge in [0, 0.05) is 23.3 Å². The molecule has 0 heterocycles. The van der Waals surface area contributed by atoms with Gasteiger partial charge in [0.05, 0.1) is 11.5 Å². The van der Waals surface area contributed by atoms with Crippen molar-refractivity contribution in [2.24, 2.45) is 0 Å². The maximum atomic E-state index is 11.4. The van der Waals surface area contributed by atoms with Crippen LogP contribution in [0.4, 0.5) is 21.9 Å². The van der Waals surface area contributed by atoms with Gasteiger partial charge in [0.2, 0.25) is 0 Å². The molecule has 2 N–H and O–H groups in total. The lowest BCUT2D eigenvalue weighted by Crippen LogP contribution is -2.14. The highest BCUT2D eigenvalue weighted by Crippen LogP contribution is 2.26. The molecular formula is C17H18ClN3O4. The van der Waals surface area contributed by atoms with Gasteiger partial charge < -0.3 is 10.1 Å². The lowest BCUT2D eigenvalue weighted by molar-refractivity contribution is -0.384. The number of nitro benzene ring substituents is 1. The van der Waals surface area contributed by atoms with Gasteiger partial charge in [0.1, 0.15) is 5.69 Å². The molecule has 132 valence electrons. The van der Waals surface area contributed by atoms with Crippen LogP contribution < -0.4 is 10.6 Å². The predicted molar refractivity (Wildman–Crippen MR) is 97.4 cm³/mol. The number of carbonyl (C=O) groups excluding carboxylic acids is 1. The number of hydrogen-bond acceptors (Lipinski definition) is 5. The molecule has 0 aliphatic heterocycles. The van der Waals surface area contributed by atoms with Crippen LogP contribution in [0.2, 0.25) is 5.02 Å². The van der Waals surface area contributed by atoms with Gasteiger partial charge in [-0.2, -0.15) is 0 Å². The van der Waals surface area contributed by atoms with Crippen molar-refractivity contribution in [1.82, 2.24) is 0 Å². The quantitative estimate of drug-likeness (QED) is 0.559. The molecule has 2 rings (SSSR count). The first kappa shape index (κ1) is 18.5. The minimum absolute atomic E-state index is 0.109. The molecule has 8 heteroatoms. The molecule has 7 nitrogen and oxygen atoms in total. The number of ether oxygens (including phenoxy) is 1. The van der Waals surface area contributed by atoms with Crippen molar-refractivity contribution in [2.45, 2.75) is 13.3 Å². The fraction of sp³-hybridized carbons (Fsp3) is 0.235. The number of amides is 1. The SMILES string of the molecule is CCOC(=O)Nc1ccc(CCNc2ccc(Cl)cc2)cc1[N+](=O)[O-]. The number of nitro groups is 1. The zero-order valence-electron chi connectivity index (χ0n) is 13.6. The monoisotopic (exact) mass is 363 g/mol. The third kappa shape index (κ3) is 5.65. The number of halogens is 1. The van der Waals surface area contributed by atoms with Gasteiger partial charge in [-0.05, 0) is 49.2 Å². The molecule has 0 atom stereocenters. The van der Waals surface area contributed by atoms with E-state index >= 15 is 0 Å². The van der Waals surface area contributed by atoms with E-state index in [1.54, 1.807) is 25.1 Å². The molecule has 0 saturated heterocycles. The van der Waals surface area contributed by atoms with Gasteiger partial charge in [0.25, 0.3) is 5.69 Å². The summed E-state index contributed by atoms with van der Waals surface area (Å²) in [5, 5.41) is 17.5. The topological polar surface area (TPSA) is 93.5 Å². The predicted octanol–water partition coefficient (Wildman–Crippen LogP) is 4.47. The van der Waals surface area contributed by atoms with E-state index in [1.807, 2.05) is 12.1 Å². The van der Waals surface area contributed by atoms with Crippen LogP contribution in [0.3, 0.4) is 0 Å². The molecule has 0 radical (unpaired) electrons. The Kier molecular flexibility index (Phi) is 6.59. The fourth-order valence-electron chi connectivity index (χ4n) is 2.19. The number of nitrogens with one attached hydrogen (secondary N) is 2. The average Bonchev–Trinajstić information content (AvgIpc) is 2.58. The second kappa shape index (κ2) is 8.89. The van der Waals surface area contributed by atoms with E-state index in [0.717, 1.165) is 11.3 Å². The van der Waals surface area contributed by atoms with Crippen LogP contribution >= 0.6 is 11.6 Å². The van der Waals surface area contributed by atoms with Gasteiger partial charge >= 0.3 is 6.09 Å². The molecule has 0 spiro atoms. The molecule has 2 aromatic rings. The third-order valence-electron chi connectivity index (χ3n) is 3.36. The molecule has 0 aliphatic rings. The first-order valence-electron chi connectivity index (χ1n) is 7.70. The first-order valence-corrected chi connectivity index (χ1v) is 8.08. The highest BCUT2D eigenvalue weighted by atomic mass is 35.5. The van der Waals surface area contributed by atoms with Gasteiger partial charge in [-0.15, -0.1) is 0 Å². The Morgan fingerprint density at radius 3 is 2.60 bits per heavy atom. The Hall–Kier alpha value is -2.80. The molecular weight excluding hydrogens is 346 g/mol. The minimum atomic E-state index is -0.720. The smallest absolute Gasteiger partial charge is 0.411 e. The Morgan fingerprint density at radius 2 is 1.96 bits per heavy atom. The molecule has 2 aromatic carbocycles. The zero-order valence-corrected chi connectivity index (χ0v) is 14.4. The fourth-order valence-corrected chi connectivity index (χ4v) is 2.31. The highest BCUT2D eigenvalue weighted by molar-refractivity contribution is 6.30. The minimum Gasteiger partial charge on any atom is -0.450 e. The van der Waals surface area contributed by atoms with E-state index in [-0.39, 0.29) is 18.0 Å². The van der Waals surface area contributed by atoms with Gasteiger partial charge in [0.15, 0.2) is 0 Å². The summed E-state index contributed by atoms with van der Waals surface area (Å²) in [6, 6.07) is 12.0. The number of benzene rings is 2. The number of anilines is 2. The largest absolute Gasteiger partial charge is 0.450 e. The highest BCUT2D eigenvalue weighted by Gasteiger charge is 2.17. The summed E-state index contributed by atoms with van der Waals surface area (Å²) >= 11 is 5.83. The van der Waals surface area contributed by atoms with Crippen LogP contribution in [0.25, 0.3) is 0 Å². The standard InChI is InChI=1S/C17H18ClN3O4/c1-2-25-17(22)20-15-8-3-12(11-16(15)21(23)24)9-10-19-14-6-4-13(18)5-7-14/h3-8,11,19H,2,9-10H2,1H3,(H,20,22). The van der Waals surface area contributed by atoms with Crippen LogP contribution in [0.1, 0.15) is 12.5 Å². The summed E-state index contributed by atoms with van der Waals surface area (Å²) in [6.45, 7) is 2.45. The normalized spacial score (nSPS) is 10.2. The lowest BCUT2D eigenvalue weighted by atomic mass is 10.1. The van der Waals surface area contributed by atoms with E-state index in [9.17, 15) is 14.9 Å². The molecule has 25 heavy (non-hydrogen) atoms. The van der Waals surface area contributed by atoms with Crippen molar-refractivity contribution < 1.29 is 14.5 Å². The maximum Gasteiger partial charge on any atom is 0.411 e. The van der Waals surface area contributed by atoms with Gasteiger partial charge in [-0.3, -0.25) is 15.4 Å². The van der Waals surface area contributed by atoms with Crippen LogP contribution in [-0.2, 0) is 11.2 Å². The van der Waals surface area contributed by atoms with E-state index in [2.05, 4.69) is 10.6 Å². The van der Waals surface area contributed by atoms with Crippen LogP contribution in [0, 0.1) is 10.1 Å². The summed E-state index contributed by atoms with van der Waals surface area (Å²) < 4.78 is 4.74. The Balaban J connectivity index is 2.01. The molecule has 0 fully saturated rings. The Bertz CT molecular complexity index is 750. The molecule has 0 bridgehead atoms. The molecule has 1 amide bonds. The van der Waals surface area contributed by atoms with Crippen LogP contribution in [0.15, 0.2) is 42.5 Å². The summed E-state index contributed by atoms with van der Waals surface area (Å²) in [6.07, 6.45) is -0.133. The summed E-state index contributed by atoms with van der Waals surface area (Å²) in [4.78, 5) is 22.1. The van der Waals surface area contributed by atoms with Crippen molar-refractivity contribution in [1.29, 1.82) is 0 Å². The summed E-state index contributed by atoms with van der Waals surface area (Å²) in [5.41, 5.74) is 1.64. The number of rotatable bonds is 7. The van der Waals surface area contributed by atoms with E-state index in [0.29, 0.717) is 18.0 Å². The summed E-state index contributed by atoms with van der Waals surface area (Å²) in [7, 11) is 0. The molecule has 0 aliphatic carbocycles. The van der Waals surface area contributed by atoms with Crippen molar-refractivity contribution in [3.05, 3.63) is 63.2 Å². The van der Waals surface area contributed by atoms with Gasteiger partial charge in [-0.1, -0.05) is 17.7 Å². The second-order valence-corrected chi connectivity index (χ2v) is 5.57. The van der Waals surface area contributed by atoms with Crippen molar-refractivity contribution >= 4 is 34.8 Å².